The molecule has 0 amide bonds. The van der Waals surface area contributed by atoms with Gasteiger partial charge in [-0.05, 0) is 131 Å². The number of aromatic nitrogens is 4. The lowest BCUT2D eigenvalue weighted by Gasteiger charge is -2.32. The zero-order valence-corrected chi connectivity index (χ0v) is 39.9. The number of hydrogen-bond acceptors (Lipinski definition) is 6. The Balaban J connectivity index is 0.000000313. The van der Waals surface area contributed by atoms with Gasteiger partial charge in [0.25, 0.3) is 0 Å². The van der Waals surface area contributed by atoms with Crippen molar-refractivity contribution >= 4 is 63.2 Å². The number of aliphatic carboxylic acids is 4. The van der Waals surface area contributed by atoms with Crippen molar-refractivity contribution in [2.45, 2.75) is 126 Å². The predicted molar refractivity (Wildman–Crippen MR) is 263 cm³/mol. The van der Waals surface area contributed by atoms with Gasteiger partial charge in [0.2, 0.25) is 0 Å². The van der Waals surface area contributed by atoms with Crippen molar-refractivity contribution in [2.75, 3.05) is 0 Å². The number of carbonyl (C=O) groups is 4. The van der Waals surface area contributed by atoms with Crippen LogP contribution in [0, 0.1) is 19.3 Å². The molecule has 12 heteroatoms. The van der Waals surface area contributed by atoms with Gasteiger partial charge in [-0.1, -0.05) is 81.9 Å². The Morgan fingerprint density at radius 1 is 0.864 bits per heavy atom. The van der Waals surface area contributed by atoms with Crippen LogP contribution in [-0.4, -0.2) is 64.2 Å². The minimum Gasteiger partial charge on any atom is -0.481 e. The third-order valence-electron chi connectivity index (χ3n) is 13.1. The van der Waals surface area contributed by atoms with Gasteiger partial charge in [-0.3, -0.25) is 14.6 Å². The van der Waals surface area contributed by atoms with Gasteiger partial charge in [0.05, 0.1) is 29.1 Å². The average Bonchev–Trinajstić information content (AvgIpc) is 3.91. The molecule has 0 saturated heterocycles. The largest absolute Gasteiger partial charge is 0.481 e. The first-order valence-corrected chi connectivity index (χ1v) is 22.5. The van der Waals surface area contributed by atoms with Gasteiger partial charge in [-0.2, -0.15) is 0 Å². The molecular formula is C54H64N4O8. The molecule has 1 aliphatic carbocycles. The summed E-state index contributed by atoms with van der Waals surface area (Å²) in [6.07, 6.45) is 17.0. The number of hydrogen-bond donors (Lipinski definition) is 6. The maximum absolute atomic E-state index is 12.7. The number of fused-ring (bicyclic) bond motifs is 8. The molecule has 2 aliphatic heterocycles. The zero-order valence-electron chi connectivity index (χ0n) is 39.9. The highest BCUT2D eigenvalue weighted by Crippen LogP contribution is 2.44. The standard InChI is InChI=1S/C34H36N4O6.C20H28O2/c1-7-19-15(3)23-12-25-17(5)21(9-10-29(39)40)32(37-25)22(11-30(41)42)33-31(34(43)44)18(6)26(38-33)14-28-20(8-2)16(4)24(36-28)13-27(19)35-23;1-15(8-6-9-16(2)14-19(21)22)11-12-18-17(3)10-7-13-20(18,4)5/h7,12-14,17,21,35-36H,1,8-11H2,2-6H3,(H,39,40)(H,41,42)(H,43,44);6,8-9,11-12,14H,7,10,13H2,1-5H3,(H,21,22)/b;9-6+,12-11+,15-8+,16-14+/t17-,21-;/m0./s1. The van der Waals surface area contributed by atoms with E-state index in [0.29, 0.717) is 29.1 Å². The zero-order chi connectivity index (χ0) is 48.8. The van der Waals surface area contributed by atoms with E-state index >= 15 is 0 Å². The molecule has 12 nitrogen and oxygen atoms in total. The van der Waals surface area contributed by atoms with E-state index in [-0.39, 0.29) is 41.0 Å². The summed E-state index contributed by atoms with van der Waals surface area (Å²) in [5.41, 5.74) is 14.3. The van der Waals surface area contributed by atoms with Gasteiger partial charge in [-0.25, -0.2) is 14.6 Å². The maximum atomic E-state index is 12.7. The molecule has 6 N–H and O–H groups in total. The molecule has 8 bridgehead atoms. The van der Waals surface area contributed by atoms with E-state index < -0.39 is 36.2 Å². The number of nitrogens with zero attached hydrogens (tertiary/aromatic N) is 2. The topological polar surface area (TPSA) is 207 Å². The van der Waals surface area contributed by atoms with E-state index in [1.54, 1.807) is 26.0 Å². The van der Waals surface area contributed by atoms with E-state index in [1.807, 2.05) is 58.0 Å². The van der Waals surface area contributed by atoms with Gasteiger partial charge < -0.3 is 30.4 Å². The van der Waals surface area contributed by atoms with Crippen molar-refractivity contribution in [3.8, 4) is 0 Å². The minimum atomic E-state index is -1.23. The molecule has 0 unspecified atom stereocenters. The fraction of sp³-hybridized carbons (Fsp3) is 0.370. The summed E-state index contributed by atoms with van der Waals surface area (Å²) in [7, 11) is 0. The minimum absolute atomic E-state index is 0.0451. The average molecular weight is 897 g/mol. The maximum Gasteiger partial charge on any atom is 0.338 e. The molecule has 6 rings (SSSR count). The molecular weight excluding hydrogens is 833 g/mol. The number of aryl methyl sites for hydroxylation is 3. The van der Waals surface area contributed by atoms with Crippen LogP contribution >= 0.6 is 0 Å². The Bertz CT molecular complexity index is 2840. The number of aromatic amines is 2. The summed E-state index contributed by atoms with van der Waals surface area (Å²) in [5.74, 6) is -5.04. The number of rotatable bonds is 13. The van der Waals surface area contributed by atoms with Crippen molar-refractivity contribution in [3.63, 3.8) is 0 Å². The molecule has 5 heterocycles. The lowest BCUT2D eigenvalue weighted by atomic mass is 9.72. The van der Waals surface area contributed by atoms with E-state index in [4.69, 9.17) is 15.1 Å². The first-order chi connectivity index (χ1) is 31.1. The van der Waals surface area contributed by atoms with Crippen LogP contribution in [0.15, 0.2) is 83.5 Å². The van der Waals surface area contributed by atoms with Crippen molar-refractivity contribution in [3.05, 3.63) is 134 Å². The van der Waals surface area contributed by atoms with Crippen molar-refractivity contribution in [2.24, 2.45) is 5.41 Å². The monoisotopic (exact) mass is 896 g/mol. The Labute approximate surface area is 387 Å². The van der Waals surface area contributed by atoms with Crippen molar-refractivity contribution < 1.29 is 39.6 Å². The molecule has 0 spiro atoms. The second-order valence-electron chi connectivity index (χ2n) is 18.2. The molecule has 66 heavy (non-hydrogen) atoms. The van der Waals surface area contributed by atoms with Gasteiger partial charge in [0.15, 0.2) is 0 Å². The van der Waals surface area contributed by atoms with Crippen molar-refractivity contribution in [1.82, 2.24) is 19.9 Å². The summed E-state index contributed by atoms with van der Waals surface area (Å²) in [5, 5.41) is 38.5. The van der Waals surface area contributed by atoms with Gasteiger partial charge in [0, 0.05) is 63.2 Å². The fourth-order valence-electron chi connectivity index (χ4n) is 9.40. The molecule has 3 aromatic rings. The second kappa shape index (κ2) is 21.0. The third-order valence-corrected chi connectivity index (χ3v) is 13.1. The van der Waals surface area contributed by atoms with E-state index in [9.17, 15) is 34.5 Å². The van der Waals surface area contributed by atoms with Crippen LogP contribution in [0.25, 0.3) is 39.3 Å². The Kier molecular flexibility index (Phi) is 16.0. The van der Waals surface area contributed by atoms with Crippen LogP contribution in [0.3, 0.4) is 0 Å². The number of allylic oxidation sites excluding steroid dienone is 10. The van der Waals surface area contributed by atoms with E-state index in [1.165, 1.54) is 36.5 Å². The first kappa shape index (κ1) is 50.2. The van der Waals surface area contributed by atoms with Crippen LogP contribution in [0.5, 0.6) is 0 Å². The summed E-state index contributed by atoms with van der Waals surface area (Å²) < 4.78 is 0. The summed E-state index contributed by atoms with van der Waals surface area (Å²) in [4.78, 5) is 63.8. The third kappa shape index (κ3) is 11.3. The number of carboxylic acids is 4. The lowest BCUT2D eigenvalue weighted by molar-refractivity contribution is -0.138. The smallest absolute Gasteiger partial charge is 0.338 e. The van der Waals surface area contributed by atoms with Crippen LogP contribution in [0.4, 0.5) is 0 Å². The number of nitrogens with one attached hydrogen (secondary N) is 2. The van der Waals surface area contributed by atoms with Crippen molar-refractivity contribution in [1.29, 1.82) is 0 Å². The van der Waals surface area contributed by atoms with E-state index in [2.05, 4.69) is 56.4 Å². The Morgan fingerprint density at radius 3 is 2.15 bits per heavy atom. The highest BCUT2D eigenvalue weighted by Gasteiger charge is 2.35. The SMILES string of the molecule is C=Cc1c(C)c2cc3nc(c(CC(=O)O)c4nc(cc5[nH]c(cc1[nH]2)c(C)c5CC)C(C)=C4C(=O)O)[C@@H](CCC(=O)O)[C@@H]3C.CC1=C(/C=C/C(C)=C/C=C/C(C)=C/C(=O)O)C(C)(C)CCC1. The molecule has 0 radical (unpaired) electrons. The number of H-pyrrole nitrogens is 2. The molecule has 0 aromatic carbocycles. The van der Waals surface area contributed by atoms with Crippen LogP contribution in [-0.2, 0) is 32.0 Å². The summed E-state index contributed by atoms with van der Waals surface area (Å²) >= 11 is 0. The first-order valence-electron chi connectivity index (χ1n) is 22.5. The Hall–Kier alpha value is -6.82. The van der Waals surface area contributed by atoms with Gasteiger partial charge >= 0.3 is 23.9 Å². The van der Waals surface area contributed by atoms with Crippen LogP contribution < -0.4 is 0 Å². The van der Waals surface area contributed by atoms with Crippen LogP contribution in [0.2, 0.25) is 0 Å². The van der Waals surface area contributed by atoms with E-state index in [0.717, 1.165) is 55.5 Å². The van der Waals surface area contributed by atoms with Crippen LogP contribution in [0.1, 0.15) is 150 Å². The Morgan fingerprint density at radius 2 is 1.55 bits per heavy atom. The molecule has 0 fully saturated rings. The van der Waals surface area contributed by atoms with Gasteiger partial charge in [-0.15, -0.1) is 0 Å². The molecule has 3 aromatic heterocycles. The predicted octanol–water partition coefficient (Wildman–Crippen LogP) is 12.1. The second-order valence-corrected chi connectivity index (χ2v) is 18.2. The molecule has 0 saturated carbocycles. The summed E-state index contributed by atoms with van der Waals surface area (Å²) in [6, 6.07) is 5.75. The molecule has 3 aliphatic rings. The lowest BCUT2D eigenvalue weighted by Crippen LogP contribution is -2.19. The quantitative estimate of drug-likeness (QED) is 0.0707. The number of carboxylic acid groups (broad SMARTS) is 4. The fourth-order valence-corrected chi connectivity index (χ4v) is 9.40. The summed E-state index contributed by atoms with van der Waals surface area (Å²) in [6.45, 7) is 24.4. The molecule has 2 atom stereocenters. The highest BCUT2D eigenvalue weighted by atomic mass is 16.4. The normalized spacial score (nSPS) is 17.6. The molecule has 348 valence electrons. The van der Waals surface area contributed by atoms with Gasteiger partial charge in [0.1, 0.15) is 0 Å². The highest BCUT2D eigenvalue weighted by molar-refractivity contribution is 6.24.